The SMILES string of the molecule is CCC(C)C(C)(O)C=C=O. The molecule has 0 aromatic heterocycles. The Hall–Kier alpha value is -0.590. The maximum atomic E-state index is 9.90. The van der Waals surface area contributed by atoms with Crippen LogP contribution in [0, 0.1) is 5.92 Å². The van der Waals surface area contributed by atoms with Crippen molar-refractivity contribution in [3.63, 3.8) is 0 Å². The van der Waals surface area contributed by atoms with Gasteiger partial charge in [0.25, 0.3) is 0 Å². The fraction of sp³-hybridized carbons (Fsp3) is 0.750. The summed E-state index contributed by atoms with van der Waals surface area (Å²) in [7, 11) is 0. The first-order valence-corrected chi connectivity index (χ1v) is 3.49. The highest BCUT2D eigenvalue weighted by Gasteiger charge is 2.23. The molecule has 0 aromatic carbocycles. The van der Waals surface area contributed by atoms with E-state index in [0.717, 1.165) is 6.42 Å². The molecule has 0 radical (unpaired) electrons. The molecule has 0 aromatic rings. The summed E-state index contributed by atoms with van der Waals surface area (Å²) in [6, 6.07) is 0. The zero-order chi connectivity index (χ0) is 8.20. The van der Waals surface area contributed by atoms with Crippen molar-refractivity contribution in [1.82, 2.24) is 0 Å². The minimum atomic E-state index is -0.990. The van der Waals surface area contributed by atoms with Crippen LogP contribution in [0.3, 0.4) is 0 Å². The Bertz CT molecular complexity index is 143. The molecule has 0 saturated heterocycles. The molecule has 0 aliphatic heterocycles. The summed E-state index contributed by atoms with van der Waals surface area (Å²) in [6.45, 7) is 5.48. The van der Waals surface area contributed by atoms with Gasteiger partial charge in [-0.15, -0.1) is 0 Å². The molecule has 2 nitrogen and oxygen atoms in total. The number of rotatable bonds is 3. The molecule has 0 spiro atoms. The lowest BCUT2D eigenvalue weighted by Crippen LogP contribution is -2.29. The number of aliphatic hydroxyl groups is 1. The van der Waals surface area contributed by atoms with Crippen LogP contribution in [-0.2, 0) is 4.79 Å². The van der Waals surface area contributed by atoms with E-state index in [-0.39, 0.29) is 5.92 Å². The van der Waals surface area contributed by atoms with Gasteiger partial charge in [0.1, 0.15) is 5.94 Å². The third-order valence-electron chi connectivity index (χ3n) is 1.96. The molecule has 10 heavy (non-hydrogen) atoms. The molecule has 1 N–H and O–H groups in total. The monoisotopic (exact) mass is 142 g/mol. The molecule has 2 heteroatoms. The van der Waals surface area contributed by atoms with Gasteiger partial charge in [-0.1, -0.05) is 20.3 Å². The largest absolute Gasteiger partial charge is 0.385 e. The molecule has 2 atom stereocenters. The van der Waals surface area contributed by atoms with E-state index in [1.165, 1.54) is 6.08 Å². The van der Waals surface area contributed by atoms with E-state index in [0.29, 0.717) is 0 Å². The van der Waals surface area contributed by atoms with Gasteiger partial charge in [0.2, 0.25) is 0 Å². The quantitative estimate of drug-likeness (QED) is 0.600. The minimum absolute atomic E-state index is 0.106. The Morgan fingerprint density at radius 3 is 2.60 bits per heavy atom. The Kier molecular flexibility index (Phi) is 3.34. The smallest absolute Gasteiger partial charge is 0.123 e. The van der Waals surface area contributed by atoms with Crippen LogP contribution in [0.2, 0.25) is 0 Å². The average Bonchev–Trinajstić information content (AvgIpc) is 1.86. The highest BCUT2D eigenvalue weighted by atomic mass is 16.3. The Labute approximate surface area is 61.6 Å². The third-order valence-corrected chi connectivity index (χ3v) is 1.96. The molecule has 0 heterocycles. The molecular weight excluding hydrogens is 128 g/mol. The van der Waals surface area contributed by atoms with Gasteiger partial charge in [0.15, 0.2) is 0 Å². The van der Waals surface area contributed by atoms with Crippen LogP contribution in [-0.4, -0.2) is 16.6 Å². The molecule has 0 aliphatic carbocycles. The fourth-order valence-corrected chi connectivity index (χ4v) is 0.675. The van der Waals surface area contributed by atoms with Crippen molar-refractivity contribution in [2.24, 2.45) is 5.92 Å². The minimum Gasteiger partial charge on any atom is -0.385 e. The Morgan fingerprint density at radius 2 is 2.30 bits per heavy atom. The highest BCUT2D eigenvalue weighted by molar-refractivity contribution is 5.47. The van der Waals surface area contributed by atoms with Crippen molar-refractivity contribution in [1.29, 1.82) is 0 Å². The molecule has 0 amide bonds. The van der Waals surface area contributed by atoms with Crippen LogP contribution in [0.25, 0.3) is 0 Å². The lowest BCUT2D eigenvalue weighted by Gasteiger charge is -2.24. The van der Waals surface area contributed by atoms with Gasteiger partial charge in [0, 0.05) is 6.08 Å². The van der Waals surface area contributed by atoms with Crippen molar-refractivity contribution in [3.05, 3.63) is 6.08 Å². The van der Waals surface area contributed by atoms with Gasteiger partial charge in [0.05, 0.1) is 5.60 Å². The van der Waals surface area contributed by atoms with Gasteiger partial charge in [-0.05, 0) is 12.8 Å². The van der Waals surface area contributed by atoms with Gasteiger partial charge in [-0.25, -0.2) is 4.79 Å². The summed E-state index contributed by atoms with van der Waals surface area (Å²) in [5.74, 6) is 1.70. The van der Waals surface area contributed by atoms with Gasteiger partial charge in [-0.3, -0.25) is 0 Å². The molecule has 0 fully saturated rings. The van der Waals surface area contributed by atoms with Crippen LogP contribution in [0.5, 0.6) is 0 Å². The molecule has 2 unspecified atom stereocenters. The molecule has 58 valence electrons. The topological polar surface area (TPSA) is 37.3 Å². The second-order valence-electron chi connectivity index (χ2n) is 2.80. The molecule has 0 rings (SSSR count). The average molecular weight is 142 g/mol. The second kappa shape index (κ2) is 3.55. The molecular formula is C8H14O2. The summed E-state index contributed by atoms with van der Waals surface area (Å²) in [6.07, 6.45) is 2.02. The van der Waals surface area contributed by atoms with Crippen LogP contribution in [0.15, 0.2) is 6.08 Å². The fourth-order valence-electron chi connectivity index (χ4n) is 0.675. The van der Waals surface area contributed by atoms with Crippen molar-refractivity contribution in [2.75, 3.05) is 0 Å². The van der Waals surface area contributed by atoms with Gasteiger partial charge < -0.3 is 5.11 Å². The summed E-state index contributed by atoms with van der Waals surface area (Å²) >= 11 is 0. The normalized spacial score (nSPS) is 18.8. The van der Waals surface area contributed by atoms with E-state index in [9.17, 15) is 9.90 Å². The standard InChI is InChI=1S/C8H14O2/c1-4-7(2)8(3,10)5-6-9/h5,7,10H,4H2,1-3H3. The number of hydrogen-bond donors (Lipinski definition) is 1. The first kappa shape index (κ1) is 9.41. The number of hydrogen-bond acceptors (Lipinski definition) is 2. The lowest BCUT2D eigenvalue weighted by atomic mass is 9.89. The first-order valence-electron chi connectivity index (χ1n) is 3.49. The lowest BCUT2D eigenvalue weighted by molar-refractivity contribution is 0.0537. The maximum Gasteiger partial charge on any atom is 0.123 e. The third kappa shape index (κ3) is 2.34. The van der Waals surface area contributed by atoms with E-state index in [4.69, 9.17) is 0 Å². The maximum absolute atomic E-state index is 9.90. The van der Waals surface area contributed by atoms with E-state index < -0.39 is 5.60 Å². The molecule has 0 aliphatic rings. The predicted molar refractivity (Wildman–Crippen MR) is 40.3 cm³/mol. The summed E-state index contributed by atoms with van der Waals surface area (Å²) in [5.41, 5.74) is -0.990. The van der Waals surface area contributed by atoms with Crippen molar-refractivity contribution in [2.45, 2.75) is 32.8 Å². The Balaban J connectivity index is 4.22. The van der Waals surface area contributed by atoms with Gasteiger partial charge >= 0.3 is 0 Å². The summed E-state index contributed by atoms with van der Waals surface area (Å²) < 4.78 is 0. The first-order chi connectivity index (χ1) is 4.54. The molecule has 0 saturated carbocycles. The van der Waals surface area contributed by atoms with Crippen molar-refractivity contribution >= 4 is 5.94 Å². The van der Waals surface area contributed by atoms with Crippen LogP contribution in [0.4, 0.5) is 0 Å². The van der Waals surface area contributed by atoms with Crippen LogP contribution in [0.1, 0.15) is 27.2 Å². The van der Waals surface area contributed by atoms with Crippen molar-refractivity contribution < 1.29 is 9.90 Å². The highest BCUT2D eigenvalue weighted by Crippen LogP contribution is 2.19. The van der Waals surface area contributed by atoms with Crippen molar-refractivity contribution in [3.8, 4) is 0 Å². The van der Waals surface area contributed by atoms with E-state index >= 15 is 0 Å². The Morgan fingerprint density at radius 1 is 1.80 bits per heavy atom. The second-order valence-corrected chi connectivity index (χ2v) is 2.80. The van der Waals surface area contributed by atoms with E-state index in [2.05, 4.69) is 0 Å². The van der Waals surface area contributed by atoms with E-state index in [1.54, 1.807) is 12.9 Å². The summed E-state index contributed by atoms with van der Waals surface area (Å²) in [4.78, 5) is 9.90. The molecule has 0 bridgehead atoms. The van der Waals surface area contributed by atoms with E-state index in [1.807, 2.05) is 13.8 Å². The van der Waals surface area contributed by atoms with Crippen LogP contribution >= 0.6 is 0 Å². The summed E-state index contributed by atoms with van der Waals surface area (Å²) in [5, 5.41) is 9.46. The number of carbonyl (C=O) groups excluding carboxylic acids is 1. The predicted octanol–water partition coefficient (Wildman–Crippen LogP) is 1.17. The zero-order valence-corrected chi connectivity index (χ0v) is 6.72. The zero-order valence-electron chi connectivity index (χ0n) is 6.72. The van der Waals surface area contributed by atoms with Crippen LogP contribution < -0.4 is 0 Å². The van der Waals surface area contributed by atoms with Gasteiger partial charge in [-0.2, -0.15) is 0 Å².